The molecule has 4 saturated carbocycles. The summed E-state index contributed by atoms with van der Waals surface area (Å²) in [5, 5.41) is 9.29. The van der Waals surface area contributed by atoms with Gasteiger partial charge in [0, 0.05) is 0 Å². The van der Waals surface area contributed by atoms with Gasteiger partial charge in [-0.3, -0.25) is 19.2 Å². The Balaban J connectivity index is 0.000000192. The summed E-state index contributed by atoms with van der Waals surface area (Å²) in [6, 6.07) is 0. The van der Waals surface area contributed by atoms with Crippen LogP contribution in [0.1, 0.15) is 97.8 Å². The highest BCUT2D eigenvalue weighted by Gasteiger charge is 2.60. The van der Waals surface area contributed by atoms with Crippen molar-refractivity contribution in [3.8, 4) is 0 Å². The summed E-state index contributed by atoms with van der Waals surface area (Å²) in [7, 11) is 0. The number of carboxylic acid groups (broad SMARTS) is 1. The average molecular weight is 481 g/mol. The van der Waals surface area contributed by atoms with E-state index in [2.05, 4.69) is 0 Å². The number of ether oxygens (including phenoxy) is 3. The van der Waals surface area contributed by atoms with Crippen LogP contribution in [0.2, 0.25) is 0 Å². The van der Waals surface area contributed by atoms with Crippen molar-refractivity contribution in [1.82, 2.24) is 0 Å². The maximum absolute atomic E-state index is 12.1. The van der Waals surface area contributed by atoms with Crippen LogP contribution in [0.25, 0.3) is 0 Å². The maximum Gasteiger partial charge on any atom is 0.312 e. The molecule has 4 rings (SSSR count). The number of carbonyl (C=O) groups excluding carboxylic acids is 3. The number of carboxylic acids is 1. The standard InChI is InChI=1S/C14H22O4.C12H18O4/c1-3-17-11(15)13-6-5-7-14(10-13,9-8-13)12(16)18-4-2;1-2-16-10(15)12-5-3-4-11(8-12,6-7-12)9(13)14/h3-10H2,1-2H3;2-8H2,1H3,(H,13,14). The second-order valence-corrected chi connectivity index (χ2v) is 10.6. The monoisotopic (exact) mass is 480 g/mol. The van der Waals surface area contributed by atoms with E-state index in [0.717, 1.165) is 44.9 Å². The minimum Gasteiger partial charge on any atom is -0.481 e. The molecule has 0 spiro atoms. The fraction of sp³-hybridized carbons (Fsp3) is 0.846. The average Bonchev–Trinajstić information content (AvgIpc) is 3.27. The van der Waals surface area contributed by atoms with Crippen LogP contribution in [0.3, 0.4) is 0 Å². The van der Waals surface area contributed by atoms with Crippen LogP contribution >= 0.6 is 0 Å². The van der Waals surface area contributed by atoms with Gasteiger partial charge in [-0.15, -0.1) is 0 Å². The lowest BCUT2D eigenvalue weighted by molar-refractivity contribution is -0.163. The SMILES string of the molecule is CCOC(=O)C12CCCC(C(=O)O)(CC1)C2.CCOC(=O)C12CCCC(C(=O)OCC)(CC1)C2. The van der Waals surface area contributed by atoms with E-state index >= 15 is 0 Å². The predicted octanol–water partition coefficient (Wildman–Crippen LogP) is 4.43. The number of hydrogen-bond acceptors (Lipinski definition) is 7. The molecule has 0 radical (unpaired) electrons. The smallest absolute Gasteiger partial charge is 0.312 e. The largest absolute Gasteiger partial charge is 0.481 e. The Kier molecular flexibility index (Phi) is 7.98. The highest BCUT2D eigenvalue weighted by Crippen LogP contribution is 2.60. The van der Waals surface area contributed by atoms with Crippen LogP contribution in [-0.4, -0.2) is 48.8 Å². The van der Waals surface area contributed by atoms with Gasteiger partial charge in [-0.25, -0.2) is 0 Å². The van der Waals surface area contributed by atoms with E-state index < -0.39 is 27.6 Å². The quantitative estimate of drug-likeness (QED) is 0.420. The lowest BCUT2D eigenvalue weighted by atomic mass is 9.69. The second kappa shape index (κ2) is 10.2. The minimum atomic E-state index is -0.738. The Bertz CT molecular complexity index is 777. The van der Waals surface area contributed by atoms with Crippen LogP contribution < -0.4 is 0 Å². The van der Waals surface area contributed by atoms with Crippen LogP contribution in [0.4, 0.5) is 0 Å². The molecule has 0 amide bonds. The maximum atomic E-state index is 12.1. The third kappa shape index (κ3) is 4.69. The molecule has 0 heterocycles. The molecule has 4 atom stereocenters. The van der Waals surface area contributed by atoms with E-state index in [9.17, 15) is 24.3 Å². The number of carbonyl (C=O) groups is 4. The summed E-state index contributed by atoms with van der Waals surface area (Å²) in [4.78, 5) is 47.5. The van der Waals surface area contributed by atoms with Gasteiger partial charge in [-0.2, -0.15) is 0 Å². The second-order valence-electron chi connectivity index (χ2n) is 10.6. The molecule has 4 aliphatic carbocycles. The normalized spacial score (nSPS) is 35.5. The van der Waals surface area contributed by atoms with Gasteiger partial charge in [-0.1, -0.05) is 12.8 Å². The molecule has 8 nitrogen and oxygen atoms in total. The van der Waals surface area contributed by atoms with E-state index in [4.69, 9.17) is 14.2 Å². The highest BCUT2D eigenvalue weighted by molar-refractivity contribution is 5.84. The Labute approximate surface area is 202 Å². The molecule has 0 saturated heterocycles. The first-order valence-electron chi connectivity index (χ1n) is 12.9. The van der Waals surface area contributed by atoms with Crippen molar-refractivity contribution >= 4 is 23.9 Å². The van der Waals surface area contributed by atoms with Gasteiger partial charge in [-0.05, 0) is 85.0 Å². The molecule has 0 aromatic heterocycles. The van der Waals surface area contributed by atoms with Crippen molar-refractivity contribution in [1.29, 1.82) is 0 Å². The van der Waals surface area contributed by atoms with Crippen molar-refractivity contribution in [2.24, 2.45) is 21.7 Å². The van der Waals surface area contributed by atoms with Crippen LogP contribution in [0.5, 0.6) is 0 Å². The third-order valence-electron chi connectivity index (χ3n) is 8.72. The van der Waals surface area contributed by atoms with Crippen molar-refractivity contribution in [2.75, 3.05) is 19.8 Å². The van der Waals surface area contributed by atoms with Gasteiger partial charge in [0.15, 0.2) is 0 Å². The molecule has 0 aromatic carbocycles. The molecule has 4 unspecified atom stereocenters. The van der Waals surface area contributed by atoms with Crippen LogP contribution in [-0.2, 0) is 33.4 Å². The Morgan fingerprint density at radius 1 is 0.559 bits per heavy atom. The number of fused-ring (bicyclic) bond motifs is 4. The molecule has 4 bridgehead atoms. The Hall–Kier alpha value is -2.12. The number of esters is 3. The first-order chi connectivity index (χ1) is 16.1. The zero-order valence-corrected chi connectivity index (χ0v) is 20.9. The topological polar surface area (TPSA) is 116 Å². The van der Waals surface area contributed by atoms with E-state index in [1.54, 1.807) is 6.92 Å². The van der Waals surface area contributed by atoms with Crippen LogP contribution in [0, 0.1) is 21.7 Å². The highest BCUT2D eigenvalue weighted by atomic mass is 16.5. The van der Waals surface area contributed by atoms with Crippen LogP contribution in [0.15, 0.2) is 0 Å². The van der Waals surface area contributed by atoms with E-state index in [0.29, 0.717) is 51.9 Å². The lowest BCUT2D eigenvalue weighted by Gasteiger charge is -2.36. The molecule has 192 valence electrons. The number of hydrogen-bond donors (Lipinski definition) is 1. The zero-order valence-electron chi connectivity index (χ0n) is 20.9. The zero-order chi connectivity index (χ0) is 25.0. The summed E-state index contributed by atoms with van der Waals surface area (Å²) in [6.45, 7) is 6.63. The van der Waals surface area contributed by atoms with Gasteiger partial charge in [0.2, 0.25) is 0 Å². The van der Waals surface area contributed by atoms with Gasteiger partial charge >= 0.3 is 23.9 Å². The molecule has 0 aromatic rings. The molecular formula is C26H40O8. The molecular weight excluding hydrogens is 440 g/mol. The van der Waals surface area contributed by atoms with Gasteiger partial charge in [0.25, 0.3) is 0 Å². The van der Waals surface area contributed by atoms with Crippen molar-refractivity contribution in [2.45, 2.75) is 97.8 Å². The number of aliphatic carboxylic acids is 1. The van der Waals surface area contributed by atoms with Gasteiger partial charge < -0.3 is 19.3 Å². The molecule has 4 fully saturated rings. The first kappa shape index (κ1) is 26.5. The predicted molar refractivity (Wildman–Crippen MR) is 123 cm³/mol. The van der Waals surface area contributed by atoms with Crippen molar-refractivity contribution < 1.29 is 38.5 Å². The summed E-state index contributed by atoms with van der Waals surface area (Å²) < 4.78 is 15.5. The molecule has 8 heteroatoms. The summed E-state index contributed by atoms with van der Waals surface area (Å²) >= 11 is 0. The first-order valence-corrected chi connectivity index (χ1v) is 12.9. The minimum absolute atomic E-state index is 0.115. The summed E-state index contributed by atoms with van der Waals surface area (Å²) in [5.74, 6) is -1.15. The fourth-order valence-electron chi connectivity index (χ4n) is 6.96. The van der Waals surface area contributed by atoms with E-state index in [1.165, 1.54) is 0 Å². The molecule has 1 N–H and O–H groups in total. The Morgan fingerprint density at radius 2 is 0.853 bits per heavy atom. The summed E-state index contributed by atoms with van der Waals surface area (Å²) in [5.41, 5.74) is -1.97. The molecule has 4 aliphatic rings. The molecule has 0 aliphatic heterocycles. The molecule has 34 heavy (non-hydrogen) atoms. The van der Waals surface area contributed by atoms with Gasteiger partial charge in [0.05, 0.1) is 41.5 Å². The third-order valence-corrected chi connectivity index (χ3v) is 8.72. The van der Waals surface area contributed by atoms with Crippen molar-refractivity contribution in [3.05, 3.63) is 0 Å². The van der Waals surface area contributed by atoms with E-state index in [-0.39, 0.29) is 17.9 Å². The lowest BCUT2D eigenvalue weighted by Crippen LogP contribution is -2.39. The fourth-order valence-corrected chi connectivity index (χ4v) is 6.96. The Morgan fingerprint density at radius 3 is 1.18 bits per heavy atom. The van der Waals surface area contributed by atoms with Crippen molar-refractivity contribution in [3.63, 3.8) is 0 Å². The van der Waals surface area contributed by atoms with Gasteiger partial charge in [0.1, 0.15) is 0 Å². The number of rotatable bonds is 7. The summed E-state index contributed by atoms with van der Waals surface area (Å²) in [6.07, 6.45) is 8.90. The van der Waals surface area contributed by atoms with E-state index in [1.807, 2.05) is 13.8 Å².